The summed E-state index contributed by atoms with van der Waals surface area (Å²) < 4.78 is 28.5. The van der Waals surface area contributed by atoms with Crippen LogP contribution in [0.25, 0.3) is 10.8 Å². The van der Waals surface area contributed by atoms with E-state index in [1.54, 1.807) is 42.5 Å². The van der Waals surface area contributed by atoms with Crippen LogP contribution < -0.4 is 14.9 Å². The highest BCUT2D eigenvalue weighted by Gasteiger charge is 2.18. The number of hydrogen-bond donors (Lipinski definition) is 2. The highest BCUT2D eigenvalue weighted by Crippen LogP contribution is 2.31. The van der Waals surface area contributed by atoms with Gasteiger partial charge in [-0.25, -0.2) is 8.42 Å². The Morgan fingerprint density at radius 3 is 2.07 bits per heavy atom. The van der Waals surface area contributed by atoms with Crippen LogP contribution in [0.3, 0.4) is 0 Å². The highest BCUT2D eigenvalue weighted by molar-refractivity contribution is 7.93. The Hall–Kier alpha value is -3.06. The van der Waals surface area contributed by atoms with Gasteiger partial charge in [0.05, 0.1) is 4.90 Å². The number of fused-ring (bicyclic) bond motifs is 1. The van der Waals surface area contributed by atoms with E-state index in [1.165, 1.54) is 6.92 Å². The SMILES string of the molecule is CC(=O)Nc1ccc(NS(=O)(=O)c2cccc3c(N(C)C)cccc23)cc1. The molecule has 0 fully saturated rings. The topological polar surface area (TPSA) is 78.5 Å². The van der Waals surface area contributed by atoms with Crippen molar-refractivity contribution in [2.45, 2.75) is 11.8 Å². The Labute approximate surface area is 158 Å². The van der Waals surface area contributed by atoms with Crippen molar-refractivity contribution in [3.63, 3.8) is 0 Å². The van der Waals surface area contributed by atoms with Crippen molar-refractivity contribution in [3.8, 4) is 0 Å². The fourth-order valence-corrected chi connectivity index (χ4v) is 4.21. The van der Waals surface area contributed by atoms with Crippen molar-refractivity contribution in [2.24, 2.45) is 0 Å². The lowest BCUT2D eigenvalue weighted by Gasteiger charge is -2.17. The van der Waals surface area contributed by atoms with Crippen molar-refractivity contribution < 1.29 is 13.2 Å². The molecule has 0 atom stereocenters. The molecule has 1 amide bonds. The Morgan fingerprint density at radius 1 is 0.852 bits per heavy atom. The van der Waals surface area contributed by atoms with E-state index >= 15 is 0 Å². The minimum Gasteiger partial charge on any atom is -0.377 e. The summed E-state index contributed by atoms with van der Waals surface area (Å²) in [5.41, 5.74) is 1.97. The van der Waals surface area contributed by atoms with Crippen molar-refractivity contribution >= 4 is 43.8 Å². The average molecular weight is 383 g/mol. The molecule has 0 spiro atoms. The second kappa shape index (κ2) is 7.28. The summed E-state index contributed by atoms with van der Waals surface area (Å²) in [5.74, 6) is -0.184. The molecule has 0 saturated carbocycles. The summed E-state index contributed by atoms with van der Waals surface area (Å²) in [6.45, 7) is 1.42. The van der Waals surface area contributed by atoms with Crippen LogP contribution in [0, 0.1) is 0 Å². The maximum absolute atomic E-state index is 13.0. The quantitative estimate of drug-likeness (QED) is 0.705. The number of nitrogens with one attached hydrogen (secondary N) is 2. The van der Waals surface area contributed by atoms with Crippen LogP contribution in [0.5, 0.6) is 0 Å². The predicted molar refractivity (Wildman–Crippen MR) is 110 cm³/mol. The zero-order chi connectivity index (χ0) is 19.6. The summed E-state index contributed by atoms with van der Waals surface area (Å²) in [6.07, 6.45) is 0. The molecule has 0 unspecified atom stereocenters. The van der Waals surface area contributed by atoms with Gasteiger partial charge in [-0.05, 0) is 36.4 Å². The number of amides is 1. The molecule has 7 heteroatoms. The van der Waals surface area contributed by atoms with Crippen molar-refractivity contribution in [1.29, 1.82) is 0 Å². The summed E-state index contributed by atoms with van der Waals surface area (Å²) in [7, 11) is 0.0688. The van der Waals surface area contributed by atoms with Gasteiger partial charge in [0.15, 0.2) is 0 Å². The zero-order valence-electron chi connectivity index (χ0n) is 15.4. The van der Waals surface area contributed by atoms with E-state index in [0.717, 1.165) is 11.1 Å². The molecule has 0 radical (unpaired) electrons. The van der Waals surface area contributed by atoms with Crippen LogP contribution in [-0.2, 0) is 14.8 Å². The molecule has 0 heterocycles. The second-order valence-electron chi connectivity index (χ2n) is 6.39. The van der Waals surface area contributed by atoms with Crippen molar-refractivity contribution in [1.82, 2.24) is 0 Å². The Kier molecular flexibility index (Phi) is 5.05. The number of anilines is 3. The molecule has 0 saturated heterocycles. The molecule has 0 aliphatic rings. The standard InChI is InChI=1S/C20H21N3O3S/c1-14(24)21-15-10-12-16(13-11-15)22-27(25,26)20-9-5-6-17-18(20)7-4-8-19(17)23(2)3/h4-13,22H,1-3H3,(H,21,24). The first-order valence-electron chi connectivity index (χ1n) is 8.37. The van der Waals surface area contributed by atoms with Gasteiger partial charge in [-0.1, -0.05) is 24.3 Å². The van der Waals surface area contributed by atoms with Gasteiger partial charge in [-0.15, -0.1) is 0 Å². The Bertz CT molecular complexity index is 1090. The largest absolute Gasteiger partial charge is 0.377 e. The number of sulfonamides is 1. The van der Waals surface area contributed by atoms with Gasteiger partial charge in [0.25, 0.3) is 10.0 Å². The number of nitrogens with zero attached hydrogens (tertiary/aromatic N) is 1. The lowest BCUT2D eigenvalue weighted by atomic mass is 10.1. The molecule has 27 heavy (non-hydrogen) atoms. The molecule has 0 aliphatic heterocycles. The van der Waals surface area contributed by atoms with E-state index in [0.29, 0.717) is 16.8 Å². The molecular formula is C20H21N3O3S. The molecule has 3 aromatic rings. The van der Waals surface area contributed by atoms with E-state index in [4.69, 9.17) is 0 Å². The fraction of sp³-hybridized carbons (Fsp3) is 0.150. The monoisotopic (exact) mass is 383 g/mol. The van der Waals surface area contributed by atoms with Crippen LogP contribution in [0.4, 0.5) is 17.1 Å². The van der Waals surface area contributed by atoms with Crippen LogP contribution >= 0.6 is 0 Å². The van der Waals surface area contributed by atoms with Crippen molar-refractivity contribution in [2.75, 3.05) is 29.0 Å². The number of carbonyl (C=O) groups is 1. The lowest BCUT2D eigenvalue weighted by Crippen LogP contribution is -2.14. The maximum atomic E-state index is 13.0. The highest BCUT2D eigenvalue weighted by atomic mass is 32.2. The lowest BCUT2D eigenvalue weighted by molar-refractivity contribution is -0.114. The first-order valence-corrected chi connectivity index (χ1v) is 9.86. The molecule has 0 bridgehead atoms. The normalized spacial score (nSPS) is 11.2. The Balaban J connectivity index is 1.98. The minimum atomic E-state index is -3.77. The van der Waals surface area contributed by atoms with Gasteiger partial charge in [0, 0.05) is 48.9 Å². The molecule has 6 nitrogen and oxygen atoms in total. The third kappa shape index (κ3) is 4.03. The summed E-state index contributed by atoms with van der Waals surface area (Å²) in [6, 6.07) is 17.4. The van der Waals surface area contributed by atoms with Gasteiger partial charge in [-0.2, -0.15) is 0 Å². The Morgan fingerprint density at radius 2 is 1.44 bits per heavy atom. The van der Waals surface area contributed by atoms with Gasteiger partial charge < -0.3 is 10.2 Å². The predicted octanol–water partition coefficient (Wildman–Crippen LogP) is 3.67. The molecule has 140 valence electrons. The summed E-state index contributed by atoms with van der Waals surface area (Å²) >= 11 is 0. The third-order valence-electron chi connectivity index (χ3n) is 4.09. The molecule has 3 aromatic carbocycles. The molecule has 0 aromatic heterocycles. The summed E-state index contributed by atoms with van der Waals surface area (Å²) in [4.78, 5) is 13.3. The van der Waals surface area contributed by atoms with E-state index in [1.807, 2.05) is 37.2 Å². The zero-order valence-corrected chi connectivity index (χ0v) is 16.2. The molecule has 3 rings (SSSR count). The van der Waals surface area contributed by atoms with Crippen LogP contribution in [-0.4, -0.2) is 28.4 Å². The number of carbonyl (C=O) groups excluding carboxylic acids is 1. The van der Waals surface area contributed by atoms with Gasteiger partial charge >= 0.3 is 0 Å². The molecule has 0 aliphatic carbocycles. The van der Waals surface area contributed by atoms with Gasteiger partial charge in [-0.3, -0.25) is 9.52 Å². The smallest absolute Gasteiger partial charge is 0.262 e. The average Bonchev–Trinajstić information content (AvgIpc) is 2.61. The first-order chi connectivity index (χ1) is 12.8. The van der Waals surface area contributed by atoms with E-state index in [9.17, 15) is 13.2 Å². The third-order valence-corrected chi connectivity index (χ3v) is 5.53. The number of rotatable bonds is 5. The number of hydrogen-bond acceptors (Lipinski definition) is 4. The van der Waals surface area contributed by atoms with Gasteiger partial charge in [0.1, 0.15) is 0 Å². The fourth-order valence-electron chi connectivity index (χ4n) is 2.92. The molecule has 2 N–H and O–H groups in total. The maximum Gasteiger partial charge on any atom is 0.262 e. The van der Waals surface area contributed by atoms with E-state index in [-0.39, 0.29) is 10.8 Å². The minimum absolute atomic E-state index is 0.184. The van der Waals surface area contributed by atoms with Crippen molar-refractivity contribution in [3.05, 3.63) is 60.7 Å². The van der Waals surface area contributed by atoms with E-state index in [2.05, 4.69) is 10.0 Å². The molecular weight excluding hydrogens is 362 g/mol. The first kappa shape index (κ1) is 18.7. The van der Waals surface area contributed by atoms with Gasteiger partial charge in [0.2, 0.25) is 5.91 Å². The summed E-state index contributed by atoms with van der Waals surface area (Å²) in [5, 5.41) is 4.17. The van der Waals surface area contributed by atoms with Crippen LogP contribution in [0.1, 0.15) is 6.92 Å². The van der Waals surface area contributed by atoms with Crippen LogP contribution in [0.2, 0.25) is 0 Å². The number of benzene rings is 3. The second-order valence-corrected chi connectivity index (χ2v) is 8.04. The van der Waals surface area contributed by atoms with E-state index < -0.39 is 10.0 Å². The van der Waals surface area contributed by atoms with Crippen LogP contribution in [0.15, 0.2) is 65.6 Å².